The number of ether oxygens (including phenoxy) is 2. The highest BCUT2D eigenvalue weighted by molar-refractivity contribution is 5.52. The van der Waals surface area contributed by atoms with Gasteiger partial charge in [-0.2, -0.15) is 0 Å². The van der Waals surface area contributed by atoms with Crippen molar-refractivity contribution in [1.29, 1.82) is 0 Å². The molecule has 0 atom stereocenters. The average molecular weight is 291 g/mol. The third-order valence-corrected chi connectivity index (χ3v) is 4.51. The lowest BCUT2D eigenvalue weighted by atomic mass is 9.96. The van der Waals surface area contributed by atoms with Crippen molar-refractivity contribution in [2.24, 2.45) is 0 Å². The van der Waals surface area contributed by atoms with Gasteiger partial charge >= 0.3 is 0 Å². The summed E-state index contributed by atoms with van der Waals surface area (Å²) >= 11 is 0. The smallest absolute Gasteiger partial charge is 0.130 e. The molecule has 0 bridgehead atoms. The Hall–Kier alpha value is -1.33. The monoisotopic (exact) mass is 291 g/mol. The first-order valence-corrected chi connectivity index (χ1v) is 7.90. The molecule has 116 valence electrons. The Balaban J connectivity index is 1.63. The third kappa shape index (κ3) is 3.66. The Kier molecular flexibility index (Phi) is 4.60. The van der Waals surface area contributed by atoms with Gasteiger partial charge in [0.1, 0.15) is 5.82 Å². The quantitative estimate of drug-likeness (QED) is 0.902. The van der Waals surface area contributed by atoms with Crippen LogP contribution in [0.2, 0.25) is 0 Å². The molecule has 2 N–H and O–H groups in total. The fourth-order valence-corrected chi connectivity index (χ4v) is 2.89. The zero-order valence-electron chi connectivity index (χ0n) is 12.8. The summed E-state index contributed by atoms with van der Waals surface area (Å²) in [7, 11) is 1.79. The summed E-state index contributed by atoms with van der Waals surface area (Å²) in [6, 6.07) is 3.88. The Bertz CT molecular complexity index is 469. The lowest BCUT2D eigenvalue weighted by Gasteiger charge is -2.32. The van der Waals surface area contributed by atoms with Gasteiger partial charge in [0.05, 0.1) is 24.5 Å². The predicted octanol–water partition coefficient (Wildman–Crippen LogP) is 2.35. The molecular formula is C16H25N3O2. The summed E-state index contributed by atoms with van der Waals surface area (Å²) in [5.74, 6) is 0.969. The number of pyridine rings is 1. The SMILES string of the molecule is COC1CCN(c2cc(N)cc(COC3CCC3)n2)CC1. The van der Waals surface area contributed by atoms with Gasteiger partial charge in [0.15, 0.2) is 0 Å². The van der Waals surface area contributed by atoms with E-state index in [0.717, 1.165) is 43.1 Å². The van der Waals surface area contributed by atoms with E-state index in [9.17, 15) is 0 Å². The number of anilines is 2. The highest BCUT2D eigenvalue weighted by Gasteiger charge is 2.21. The van der Waals surface area contributed by atoms with Crippen LogP contribution in [-0.2, 0) is 16.1 Å². The molecular weight excluding hydrogens is 266 g/mol. The number of aromatic nitrogens is 1. The Morgan fingerprint density at radius 1 is 1.19 bits per heavy atom. The second-order valence-electron chi connectivity index (χ2n) is 6.04. The maximum absolute atomic E-state index is 6.03. The van der Waals surface area contributed by atoms with Gasteiger partial charge in [0.25, 0.3) is 0 Å². The lowest BCUT2D eigenvalue weighted by molar-refractivity contribution is -0.0100. The molecule has 21 heavy (non-hydrogen) atoms. The molecule has 1 aliphatic carbocycles. The molecule has 0 unspecified atom stereocenters. The van der Waals surface area contributed by atoms with Gasteiger partial charge in [0.2, 0.25) is 0 Å². The highest BCUT2D eigenvalue weighted by atomic mass is 16.5. The number of hydrogen-bond donors (Lipinski definition) is 1. The predicted molar refractivity (Wildman–Crippen MR) is 83.3 cm³/mol. The maximum Gasteiger partial charge on any atom is 0.130 e. The van der Waals surface area contributed by atoms with Gasteiger partial charge in [-0.3, -0.25) is 0 Å². The van der Waals surface area contributed by atoms with E-state index < -0.39 is 0 Å². The normalized spacial score (nSPS) is 20.5. The Morgan fingerprint density at radius 3 is 2.57 bits per heavy atom. The molecule has 1 aromatic heterocycles. The number of piperidine rings is 1. The summed E-state index contributed by atoms with van der Waals surface area (Å²) in [5, 5.41) is 0. The number of methoxy groups -OCH3 is 1. The summed E-state index contributed by atoms with van der Waals surface area (Å²) in [4.78, 5) is 7.01. The van der Waals surface area contributed by atoms with Gasteiger partial charge in [-0.15, -0.1) is 0 Å². The van der Waals surface area contributed by atoms with E-state index in [-0.39, 0.29) is 0 Å². The molecule has 0 spiro atoms. The molecule has 2 fully saturated rings. The van der Waals surface area contributed by atoms with Crippen LogP contribution in [0.25, 0.3) is 0 Å². The number of nitrogens with two attached hydrogens (primary N) is 1. The molecule has 5 nitrogen and oxygen atoms in total. The van der Waals surface area contributed by atoms with Crippen LogP contribution in [-0.4, -0.2) is 37.4 Å². The standard InChI is InChI=1S/C16H25N3O2/c1-20-14-5-7-19(8-6-14)16-10-12(17)9-13(18-16)11-21-15-3-2-4-15/h9-10,14-15H,2-8,11H2,1H3,(H2,17,18). The summed E-state index contributed by atoms with van der Waals surface area (Å²) in [5.41, 5.74) is 7.73. The minimum absolute atomic E-state index is 0.378. The number of nitrogen functional groups attached to an aromatic ring is 1. The van der Waals surface area contributed by atoms with Crippen molar-refractivity contribution in [3.8, 4) is 0 Å². The summed E-state index contributed by atoms with van der Waals surface area (Å²) in [6.07, 6.45) is 6.54. The first-order valence-electron chi connectivity index (χ1n) is 7.90. The van der Waals surface area contributed by atoms with Crippen molar-refractivity contribution in [2.45, 2.75) is 50.9 Å². The highest BCUT2D eigenvalue weighted by Crippen LogP contribution is 2.25. The molecule has 0 aromatic carbocycles. The topological polar surface area (TPSA) is 60.6 Å². The number of hydrogen-bond acceptors (Lipinski definition) is 5. The van der Waals surface area contributed by atoms with Crippen LogP contribution in [0.15, 0.2) is 12.1 Å². The van der Waals surface area contributed by atoms with Crippen LogP contribution in [0, 0.1) is 0 Å². The minimum Gasteiger partial charge on any atom is -0.399 e. The second kappa shape index (κ2) is 6.62. The first kappa shape index (κ1) is 14.6. The number of nitrogens with zero attached hydrogens (tertiary/aromatic N) is 2. The van der Waals surface area contributed by atoms with Gasteiger partial charge in [-0.25, -0.2) is 4.98 Å². The lowest BCUT2D eigenvalue weighted by Crippen LogP contribution is -2.37. The summed E-state index contributed by atoms with van der Waals surface area (Å²) in [6.45, 7) is 2.51. The van der Waals surface area contributed by atoms with Crippen molar-refractivity contribution in [3.63, 3.8) is 0 Å². The van der Waals surface area contributed by atoms with E-state index in [0.29, 0.717) is 18.8 Å². The van der Waals surface area contributed by atoms with E-state index >= 15 is 0 Å². The van der Waals surface area contributed by atoms with Crippen molar-refractivity contribution in [2.75, 3.05) is 30.8 Å². The summed E-state index contributed by atoms with van der Waals surface area (Å²) < 4.78 is 11.3. The molecule has 1 aliphatic heterocycles. The second-order valence-corrected chi connectivity index (χ2v) is 6.04. The van der Waals surface area contributed by atoms with Crippen LogP contribution in [0.3, 0.4) is 0 Å². The molecule has 5 heteroatoms. The Morgan fingerprint density at radius 2 is 1.95 bits per heavy atom. The fraction of sp³-hybridized carbons (Fsp3) is 0.688. The van der Waals surface area contributed by atoms with Crippen LogP contribution >= 0.6 is 0 Å². The van der Waals surface area contributed by atoms with Crippen LogP contribution in [0.4, 0.5) is 11.5 Å². The Labute approximate surface area is 126 Å². The van der Waals surface area contributed by atoms with Crippen molar-refractivity contribution < 1.29 is 9.47 Å². The van der Waals surface area contributed by atoms with Crippen molar-refractivity contribution in [1.82, 2.24) is 4.98 Å². The van der Waals surface area contributed by atoms with E-state index in [1.165, 1.54) is 19.3 Å². The molecule has 1 aromatic rings. The molecule has 3 rings (SSSR count). The van der Waals surface area contributed by atoms with Gasteiger partial charge in [-0.05, 0) is 38.2 Å². The van der Waals surface area contributed by atoms with E-state index in [1.54, 1.807) is 7.11 Å². The van der Waals surface area contributed by atoms with E-state index in [2.05, 4.69) is 4.90 Å². The fourth-order valence-electron chi connectivity index (χ4n) is 2.89. The zero-order chi connectivity index (χ0) is 14.7. The minimum atomic E-state index is 0.378. The molecule has 1 saturated heterocycles. The average Bonchev–Trinajstić information content (AvgIpc) is 2.45. The maximum atomic E-state index is 6.03. The molecule has 1 saturated carbocycles. The van der Waals surface area contributed by atoms with E-state index in [4.69, 9.17) is 20.2 Å². The van der Waals surface area contributed by atoms with Gasteiger partial charge in [0, 0.05) is 32.0 Å². The molecule has 0 amide bonds. The van der Waals surface area contributed by atoms with Gasteiger partial charge in [-0.1, -0.05) is 0 Å². The largest absolute Gasteiger partial charge is 0.399 e. The molecule has 2 aliphatic rings. The first-order chi connectivity index (χ1) is 10.2. The van der Waals surface area contributed by atoms with Gasteiger partial charge < -0.3 is 20.1 Å². The number of rotatable bonds is 5. The van der Waals surface area contributed by atoms with Crippen LogP contribution in [0.5, 0.6) is 0 Å². The van der Waals surface area contributed by atoms with Crippen molar-refractivity contribution in [3.05, 3.63) is 17.8 Å². The molecule has 0 radical (unpaired) electrons. The third-order valence-electron chi connectivity index (χ3n) is 4.51. The van der Waals surface area contributed by atoms with Crippen molar-refractivity contribution >= 4 is 11.5 Å². The van der Waals surface area contributed by atoms with Crippen LogP contribution < -0.4 is 10.6 Å². The van der Waals surface area contributed by atoms with E-state index in [1.807, 2.05) is 12.1 Å². The molecule has 2 heterocycles. The zero-order valence-corrected chi connectivity index (χ0v) is 12.8. The van der Waals surface area contributed by atoms with Crippen LogP contribution in [0.1, 0.15) is 37.8 Å².